The highest BCUT2D eigenvalue weighted by Gasteiger charge is 2.30. The topological polar surface area (TPSA) is 92.2 Å². The summed E-state index contributed by atoms with van der Waals surface area (Å²) in [6, 6.07) is 6.45. The number of benzene rings is 1. The molecule has 3 heterocycles. The lowest BCUT2D eigenvalue weighted by Crippen LogP contribution is -2.48. The van der Waals surface area contributed by atoms with Crippen molar-refractivity contribution < 1.29 is 22.8 Å². The minimum Gasteiger partial charge on any atom is -0.349 e. The van der Waals surface area contributed by atoms with Crippen LogP contribution in [0.4, 0.5) is 13.2 Å². The fourth-order valence-electron chi connectivity index (χ4n) is 4.89. The molecule has 1 aromatic carbocycles. The van der Waals surface area contributed by atoms with E-state index in [2.05, 4.69) is 44.3 Å². The summed E-state index contributed by atoms with van der Waals surface area (Å²) in [5, 5.41) is 5.75. The second-order valence-electron chi connectivity index (χ2n) is 11.7. The molecule has 0 saturated carbocycles. The molecule has 2 amide bonds. The van der Waals surface area contributed by atoms with Gasteiger partial charge in [-0.2, -0.15) is 13.2 Å². The number of nitrogens with zero attached hydrogens (tertiary/aromatic N) is 4. The van der Waals surface area contributed by atoms with Gasteiger partial charge >= 0.3 is 6.18 Å². The van der Waals surface area contributed by atoms with E-state index >= 15 is 0 Å². The van der Waals surface area contributed by atoms with Crippen LogP contribution in [-0.2, 0) is 12.0 Å². The van der Waals surface area contributed by atoms with Crippen LogP contribution in [0.2, 0.25) is 0 Å². The second-order valence-corrected chi connectivity index (χ2v) is 11.7. The SMILES string of the molecule is C[C@H]1CN(C)CC[C@@H]1NC(=O)c1cc(C#CCNC(=O)c2ccc(C(C)(C)C)nc2)cc2c1ncn2CC(F)(F)F. The van der Waals surface area contributed by atoms with Crippen molar-refractivity contribution in [1.29, 1.82) is 0 Å². The molecule has 41 heavy (non-hydrogen) atoms. The zero-order chi connectivity index (χ0) is 29.9. The highest BCUT2D eigenvalue weighted by Crippen LogP contribution is 2.25. The van der Waals surface area contributed by atoms with Crippen molar-refractivity contribution in [3.8, 4) is 11.8 Å². The molecule has 0 radical (unpaired) electrons. The van der Waals surface area contributed by atoms with Crippen molar-refractivity contribution in [1.82, 2.24) is 30.1 Å². The maximum Gasteiger partial charge on any atom is 0.406 e. The van der Waals surface area contributed by atoms with Crippen LogP contribution < -0.4 is 10.6 Å². The first-order valence-electron chi connectivity index (χ1n) is 13.5. The lowest BCUT2D eigenvalue weighted by Gasteiger charge is -2.35. The highest BCUT2D eigenvalue weighted by atomic mass is 19.4. The summed E-state index contributed by atoms with van der Waals surface area (Å²) in [4.78, 5) is 36.6. The molecule has 4 rings (SSSR count). The molecule has 2 atom stereocenters. The van der Waals surface area contributed by atoms with E-state index in [1.165, 1.54) is 18.3 Å². The third-order valence-electron chi connectivity index (χ3n) is 7.11. The van der Waals surface area contributed by atoms with Gasteiger partial charge in [0.2, 0.25) is 0 Å². The molecule has 0 unspecified atom stereocenters. The molecule has 1 aliphatic heterocycles. The Kier molecular flexibility index (Phi) is 8.73. The number of nitrogens with one attached hydrogen (secondary N) is 2. The fraction of sp³-hybridized carbons (Fsp3) is 0.467. The van der Waals surface area contributed by atoms with E-state index < -0.39 is 18.6 Å². The van der Waals surface area contributed by atoms with Crippen LogP contribution in [0.15, 0.2) is 36.8 Å². The molecule has 1 saturated heterocycles. The molecular formula is C30H35F3N6O2. The maximum atomic E-state index is 13.4. The Morgan fingerprint density at radius 3 is 2.51 bits per heavy atom. The Bertz CT molecular complexity index is 1480. The molecule has 0 aliphatic carbocycles. The molecule has 11 heteroatoms. The number of aromatic nitrogens is 3. The zero-order valence-electron chi connectivity index (χ0n) is 23.9. The van der Waals surface area contributed by atoms with Gasteiger partial charge in [0.05, 0.1) is 29.5 Å². The summed E-state index contributed by atoms with van der Waals surface area (Å²) in [7, 11) is 2.02. The predicted octanol–water partition coefficient (Wildman–Crippen LogP) is 4.14. The summed E-state index contributed by atoms with van der Waals surface area (Å²) in [5.41, 5.74) is 1.94. The minimum atomic E-state index is -4.47. The van der Waals surface area contributed by atoms with Crippen molar-refractivity contribution in [2.45, 2.75) is 58.3 Å². The van der Waals surface area contributed by atoms with E-state index in [0.29, 0.717) is 11.1 Å². The van der Waals surface area contributed by atoms with E-state index in [9.17, 15) is 22.8 Å². The number of hydrogen-bond acceptors (Lipinski definition) is 5. The number of pyridine rings is 1. The Labute approximate surface area is 237 Å². The molecule has 2 aromatic heterocycles. The first-order chi connectivity index (χ1) is 19.2. The molecule has 0 spiro atoms. The number of halogens is 3. The first kappa shape index (κ1) is 30.1. The van der Waals surface area contributed by atoms with Gasteiger partial charge in [-0.05, 0) is 50.2 Å². The number of alkyl halides is 3. The van der Waals surface area contributed by atoms with Crippen LogP contribution in [0.25, 0.3) is 11.0 Å². The third kappa shape index (κ3) is 7.64. The number of imidazole rings is 1. The van der Waals surface area contributed by atoms with E-state index in [1.807, 2.05) is 27.8 Å². The van der Waals surface area contributed by atoms with Crippen molar-refractivity contribution in [2.24, 2.45) is 5.92 Å². The summed E-state index contributed by atoms with van der Waals surface area (Å²) in [6.45, 7) is 8.56. The Morgan fingerprint density at radius 2 is 1.88 bits per heavy atom. The number of carbonyl (C=O) groups excluding carboxylic acids is 2. The summed E-state index contributed by atoms with van der Waals surface area (Å²) < 4.78 is 40.7. The summed E-state index contributed by atoms with van der Waals surface area (Å²) in [6.07, 6.45) is -1.10. The minimum absolute atomic E-state index is 0.00561. The number of piperidine rings is 1. The number of hydrogen-bond donors (Lipinski definition) is 2. The van der Waals surface area contributed by atoms with Crippen molar-refractivity contribution in [2.75, 3.05) is 26.7 Å². The normalized spacial score (nSPS) is 18.0. The van der Waals surface area contributed by atoms with Gasteiger partial charge in [0.25, 0.3) is 11.8 Å². The number of fused-ring (bicyclic) bond motifs is 1. The van der Waals surface area contributed by atoms with Crippen LogP contribution in [0.3, 0.4) is 0 Å². The van der Waals surface area contributed by atoms with Gasteiger partial charge in [-0.25, -0.2) is 4.98 Å². The van der Waals surface area contributed by atoms with Gasteiger partial charge in [0.1, 0.15) is 12.1 Å². The van der Waals surface area contributed by atoms with Crippen molar-refractivity contribution in [3.05, 3.63) is 59.2 Å². The van der Waals surface area contributed by atoms with Gasteiger partial charge in [-0.3, -0.25) is 14.6 Å². The summed E-state index contributed by atoms with van der Waals surface area (Å²) in [5.74, 6) is 5.16. The van der Waals surface area contributed by atoms with Crippen LogP contribution in [0.5, 0.6) is 0 Å². The van der Waals surface area contributed by atoms with Crippen LogP contribution in [0.1, 0.15) is 66.1 Å². The zero-order valence-corrected chi connectivity index (χ0v) is 23.9. The molecule has 0 bridgehead atoms. The Balaban J connectivity index is 1.55. The standard InChI is InChI=1S/C30H35F3N6O2/c1-19-16-38(5)12-10-23(19)37-28(41)22-13-20(14-24-26(22)36-18-39(24)17-30(31,32)33)7-6-11-34-27(40)21-8-9-25(35-15-21)29(2,3)4/h8-9,13-15,18-19,23H,10-12,16-17H2,1-5H3,(H,34,40)(H,37,41)/t19-,23-/m0/s1. The molecule has 2 N–H and O–H groups in total. The van der Waals surface area contributed by atoms with Gasteiger partial charge in [0.15, 0.2) is 0 Å². The summed E-state index contributed by atoms with van der Waals surface area (Å²) >= 11 is 0. The van der Waals surface area contributed by atoms with Gasteiger partial charge in [-0.15, -0.1) is 0 Å². The highest BCUT2D eigenvalue weighted by molar-refractivity contribution is 6.05. The predicted molar refractivity (Wildman–Crippen MR) is 150 cm³/mol. The average molecular weight is 569 g/mol. The Morgan fingerprint density at radius 1 is 1.12 bits per heavy atom. The largest absolute Gasteiger partial charge is 0.406 e. The lowest BCUT2D eigenvalue weighted by molar-refractivity contribution is -0.139. The van der Waals surface area contributed by atoms with E-state index in [0.717, 1.165) is 36.1 Å². The van der Waals surface area contributed by atoms with Crippen LogP contribution >= 0.6 is 0 Å². The quantitative estimate of drug-likeness (QED) is 0.452. The van der Waals surface area contributed by atoms with Crippen LogP contribution in [-0.4, -0.2) is 70.1 Å². The fourth-order valence-corrected chi connectivity index (χ4v) is 4.89. The molecule has 218 valence electrons. The monoisotopic (exact) mass is 568 g/mol. The average Bonchev–Trinajstić information content (AvgIpc) is 3.28. The van der Waals surface area contributed by atoms with Gasteiger partial charge in [0, 0.05) is 35.5 Å². The number of rotatable bonds is 5. The van der Waals surface area contributed by atoms with E-state index in [1.54, 1.807) is 12.1 Å². The number of amides is 2. The molecule has 3 aromatic rings. The van der Waals surface area contributed by atoms with E-state index in [4.69, 9.17) is 0 Å². The molecular weight excluding hydrogens is 533 g/mol. The van der Waals surface area contributed by atoms with E-state index in [-0.39, 0.29) is 46.4 Å². The van der Waals surface area contributed by atoms with Gasteiger partial charge in [-0.1, -0.05) is 39.5 Å². The molecule has 8 nitrogen and oxygen atoms in total. The Hall–Kier alpha value is -3.91. The third-order valence-corrected chi connectivity index (χ3v) is 7.11. The molecule has 1 fully saturated rings. The van der Waals surface area contributed by atoms with Gasteiger partial charge < -0.3 is 20.1 Å². The van der Waals surface area contributed by atoms with Crippen molar-refractivity contribution >= 4 is 22.8 Å². The van der Waals surface area contributed by atoms with Crippen LogP contribution in [0, 0.1) is 17.8 Å². The first-order valence-corrected chi connectivity index (χ1v) is 13.5. The number of likely N-dealkylation sites (tertiary alicyclic amines) is 1. The smallest absolute Gasteiger partial charge is 0.349 e. The number of carbonyl (C=O) groups is 2. The lowest BCUT2D eigenvalue weighted by atomic mass is 9.91. The second kappa shape index (κ2) is 11.9. The molecule has 1 aliphatic rings. The van der Waals surface area contributed by atoms with Crippen molar-refractivity contribution in [3.63, 3.8) is 0 Å². The maximum absolute atomic E-state index is 13.4.